The van der Waals surface area contributed by atoms with E-state index in [1.54, 1.807) is 24.5 Å². The Labute approximate surface area is 170 Å². The van der Waals surface area contributed by atoms with Gasteiger partial charge in [-0.05, 0) is 29.3 Å². The number of hydrogen-bond donors (Lipinski definition) is 1. The molecule has 0 bridgehead atoms. The molecule has 0 amide bonds. The SMILES string of the molecule is O=C(OCc1ccncc1)C1=Cc2c([nH]c(=O)n(Cc3ccccc3)c2=O)SC1. The first-order chi connectivity index (χ1) is 14.1. The fourth-order valence-corrected chi connectivity index (χ4v) is 3.88. The van der Waals surface area contributed by atoms with Gasteiger partial charge in [0, 0.05) is 23.7 Å². The van der Waals surface area contributed by atoms with Gasteiger partial charge in [0.15, 0.2) is 0 Å². The summed E-state index contributed by atoms with van der Waals surface area (Å²) >= 11 is 1.24. The van der Waals surface area contributed by atoms with Crippen LogP contribution in [0.3, 0.4) is 0 Å². The van der Waals surface area contributed by atoms with Crippen molar-refractivity contribution in [3.05, 3.63) is 98.0 Å². The number of carbonyl (C=O) groups is 1. The number of H-pyrrole nitrogens is 1. The summed E-state index contributed by atoms with van der Waals surface area (Å²) in [6.07, 6.45) is 4.77. The van der Waals surface area contributed by atoms with Crippen molar-refractivity contribution in [1.29, 1.82) is 0 Å². The number of ether oxygens (including phenoxy) is 1. The van der Waals surface area contributed by atoms with Gasteiger partial charge in [-0.1, -0.05) is 30.3 Å². The lowest BCUT2D eigenvalue weighted by molar-refractivity contribution is -0.140. The summed E-state index contributed by atoms with van der Waals surface area (Å²) in [5.41, 5.74) is 1.44. The van der Waals surface area contributed by atoms with Crippen molar-refractivity contribution in [3.8, 4) is 0 Å². The number of aromatic nitrogens is 3. The Morgan fingerprint density at radius 3 is 2.62 bits per heavy atom. The van der Waals surface area contributed by atoms with Gasteiger partial charge < -0.3 is 9.72 Å². The van der Waals surface area contributed by atoms with E-state index in [1.807, 2.05) is 30.3 Å². The zero-order chi connectivity index (χ0) is 20.2. The number of nitrogens with zero attached hydrogens (tertiary/aromatic N) is 2. The van der Waals surface area contributed by atoms with E-state index in [1.165, 1.54) is 17.8 Å². The highest BCUT2D eigenvalue weighted by molar-refractivity contribution is 7.99. The molecule has 0 spiro atoms. The largest absolute Gasteiger partial charge is 0.457 e. The predicted octanol–water partition coefficient (Wildman–Crippen LogP) is 2.21. The molecule has 8 heteroatoms. The Hall–Kier alpha value is -3.39. The van der Waals surface area contributed by atoms with Crippen LogP contribution in [0.5, 0.6) is 0 Å². The fraction of sp³-hybridized carbons (Fsp3) is 0.143. The van der Waals surface area contributed by atoms with Crippen LogP contribution < -0.4 is 11.2 Å². The average molecular weight is 407 g/mol. The lowest BCUT2D eigenvalue weighted by Crippen LogP contribution is -2.38. The van der Waals surface area contributed by atoms with Crippen LogP contribution in [0.25, 0.3) is 6.08 Å². The topological polar surface area (TPSA) is 94.0 Å². The summed E-state index contributed by atoms with van der Waals surface area (Å²) in [4.78, 5) is 44.4. The second-order valence-electron chi connectivity index (χ2n) is 6.44. The van der Waals surface area contributed by atoms with Crippen molar-refractivity contribution >= 4 is 23.8 Å². The number of carbonyl (C=O) groups excluding carboxylic acids is 1. The minimum absolute atomic E-state index is 0.125. The first-order valence-electron chi connectivity index (χ1n) is 8.92. The molecule has 3 aromatic rings. The van der Waals surface area contributed by atoms with Crippen molar-refractivity contribution in [2.45, 2.75) is 18.2 Å². The van der Waals surface area contributed by atoms with Gasteiger partial charge >= 0.3 is 11.7 Å². The van der Waals surface area contributed by atoms with Crippen LogP contribution in [-0.2, 0) is 22.7 Å². The second kappa shape index (κ2) is 8.32. The standard InChI is InChI=1S/C21H17N3O4S/c25-19-17-10-16(20(26)28-12-15-6-8-22-9-7-15)13-29-18(17)23-21(27)24(19)11-14-4-2-1-3-5-14/h1-10H,11-13H2,(H,23,27). The van der Waals surface area contributed by atoms with E-state index in [0.717, 1.165) is 15.7 Å². The first kappa shape index (κ1) is 18.9. The van der Waals surface area contributed by atoms with Gasteiger partial charge in [-0.15, -0.1) is 11.8 Å². The molecule has 2 aromatic heterocycles. The molecule has 0 aliphatic carbocycles. The fourth-order valence-electron chi connectivity index (χ4n) is 2.92. The molecule has 0 unspecified atom stereocenters. The molecule has 1 aliphatic heterocycles. The summed E-state index contributed by atoms with van der Waals surface area (Å²) < 4.78 is 6.48. The van der Waals surface area contributed by atoms with Crippen molar-refractivity contribution in [2.24, 2.45) is 0 Å². The molecule has 0 fully saturated rings. The average Bonchev–Trinajstić information content (AvgIpc) is 2.76. The molecule has 7 nitrogen and oxygen atoms in total. The molecule has 1 aromatic carbocycles. The lowest BCUT2D eigenvalue weighted by Gasteiger charge is -2.16. The first-order valence-corrected chi connectivity index (χ1v) is 9.91. The number of nitrogens with one attached hydrogen (secondary N) is 1. The highest BCUT2D eigenvalue weighted by Gasteiger charge is 2.22. The van der Waals surface area contributed by atoms with Gasteiger partial charge in [-0.25, -0.2) is 9.59 Å². The summed E-state index contributed by atoms with van der Waals surface area (Å²) in [7, 11) is 0. The van der Waals surface area contributed by atoms with E-state index < -0.39 is 17.2 Å². The second-order valence-corrected chi connectivity index (χ2v) is 7.43. The zero-order valence-corrected chi connectivity index (χ0v) is 16.1. The monoisotopic (exact) mass is 407 g/mol. The minimum atomic E-state index is -0.486. The third-order valence-corrected chi connectivity index (χ3v) is 5.51. The Bertz CT molecular complexity index is 1180. The van der Waals surface area contributed by atoms with Crippen LogP contribution >= 0.6 is 11.8 Å². The molecule has 0 atom stereocenters. The van der Waals surface area contributed by atoms with E-state index in [4.69, 9.17) is 4.74 Å². The Balaban J connectivity index is 1.59. The Morgan fingerprint density at radius 1 is 1.10 bits per heavy atom. The summed E-state index contributed by atoms with van der Waals surface area (Å²) in [6, 6.07) is 12.8. The molecule has 0 radical (unpaired) electrons. The number of benzene rings is 1. The lowest BCUT2D eigenvalue weighted by atomic mass is 10.2. The maximum atomic E-state index is 12.9. The minimum Gasteiger partial charge on any atom is -0.457 e. The van der Waals surface area contributed by atoms with Crippen LogP contribution in [0.15, 0.2) is 75.0 Å². The molecule has 1 N–H and O–H groups in total. The van der Waals surface area contributed by atoms with Crippen LogP contribution in [0, 0.1) is 0 Å². The number of rotatable bonds is 5. The molecule has 0 saturated heterocycles. The van der Waals surface area contributed by atoms with E-state index in [-0.39, 0.29) is 13.2 Å². The van der Waals surface area contributed by atoms with Crippen molar-refractivity contribution in [3.63, 3.8) is 0 Å². The predicted molar refractivity (Wildman–Crippen MR) is 110 cm³/mol. The Morgan fingerprint density at radius 2 is 1.86 bits per heavy atom. The van der Waals surface area contributed by atoms with E-state index in [0.29, 0.717) is 21.9 Å². The number of thioether (sulfide) groups is 1. The molecular formula is C21H17N3O4S. The summed E-state index contributed by atoms with van der Waals surface area (Å²) in [6.45, 7) is 0.280. The van der Waals surface area contributed by atoms with Crippen molar-refractivity contribution < 1.29 is 9.53 Å². The van der Waals surface area contributed by atoms with Crippen LogP contribution in [0.4, 0.5) is 0 Å². The van der Waals surface area contributed by atoms with Crippen LogP contribution in [-0.4, -0.2) is 26.3 Å². The summed E-state index contributed by atoms with van der Waals surface area (Å²) in [5.74, 6) is -0.166. The smallest absolute Gasteiger partial charge is 0.335 e. The van der Waals surface area contributed by atoms with E-state index in [2.05, 4.69) is 9.97 Å². The summed E-state index contributed by atoms with van der Waals surface area (Å²) in [5, 5.41) is 0.468. The van der Waals surface area contributed by atoms with Gasteiger partial charge in [-0.2, -0.15) is 0 Å². The normalized spacial score (nSPS) is 12.8. The molecule has 1 aliphatic rings. The number of aromatic amines is 1. The number of hydrogen-bond acceptors (Lipinski definition) is 6. The van der Waals surface area contributed by atoms with Gasteiger partial charge in [0.25, 0.3) is 5.56 Å². The number of esters is 1. The molecule has 0 saturated carbocycles. The number of pyridine rings is 1. The molecule has 29 heavy (non-hydrogen) atoms. The molecular weight excluding hydrogens is 390 g/mol. The molecule has 4 rings (SSSR count). The third kappa shape index (κ3) is 4.22. The van der Waals surface area contributed by atoms with Crippen LogP contribution in [0.2, 0.25) is 0 Å². The van der Waals surface area contributed by atoms with Gasteiger partial charge in [0.2, 0.25) is 0 Å². The van der Waals surface area contributed by atoms with Gasteiger partial charge in [0.05, 0.1) is 17.1 Å². The maximum Gasteiger partial charge on any atom is 0.335 e. The van der Waals surface area contributed by atoms with Crippen LogP contribution in [0.1, 0.15) is 16.7 Å². The molecule has 3 heterocycles. The number of fused-ring (bicyclic) bond motifs is 1. The Kier molecular flexibility index (Phi) is 5.44. The molecule has 146 valence electrons. The highest BCUT2D eigenvalue weighted by atomic mass is 32.2. The zero-order valence-electron chi connectivity index (χ0n) is 15.3. The van der Waals surface area contributed by atoms with Gasteiger partial charge in [-0.3, -0.25) is 14.3 Å². The maximum absolute atomic E-state index is 12.9. The van der Waals surface area contributed by atoms with E-state index >= 15 is 0 Å². The van der Waals surface area contributed by atoms with Crippen molar-refractivity contribution in [1.82, 2.24) is 14.5 Å². The highest BCUT2D eigenvalue weighted by Crippen LogP contribution is 2.28. The third-order valence-electron chi connectivity index (χ3n) is 4.44. The van der Waals surface area contributed by atoms with Gasteiger partial charge in [0.1, 0.15) is 6.61 Å². The van der Waals surface area contributed by atoms with E-state index in [9.17, 15) is 14.4 Å². The van der Waals surface area contributed by atoms with Crippen molar-refractivity contribution in [2.75, 3.05) is 5.75 Å². The quantitative estimate of drug-likeness (QED) is 0.515.